The number of piperidine rings is 1. The van der Waals surface area contributed by atoms with Gasteiger partial charge in [-0.05, 0) is 61.7 Å². The standard InChI is InChI=1S/C25H27F3N2O3/c1-15-14-20(32-2)21(18-11-12-29-22(15)18)23(25(26,27)28)30-13-5-4-6-19(30)16-7-9-17(10-8-16)24(31)33-3/h7-12,14,19,23,29H,4-6,13H2,1-3H3/t19-,23?/m0/s1. The minimum atomic E-state index is -4.52. The molecule has 1 saturated heterocycles. The largest absolute Gasteiger partial charge is 0.496 e. The van der Waals surface area contributed by atoms with E-state index in [4.69, 9.17) is 9.47 Å². The number of nitrogens with one attached hydrogen (secondary N) is 1. The van der Waals surface area contributed by atoms with Gasteiger partial charge in [-0.25, -0.2) is 4.79 Å². The molecule has 2 atom stereocenters. The van der Waals surface area contributed by atoms with Gasteiger partial charge in [0.1, 0.15) is 11.8 Å². The molecule has 0 radical (unpaired) electrons. The number of nitrogens with zero attached hydrogens (tertiary/aromatic N) is 1. The highest BCUT2D eigenvalue weighted by molar-refractivity contribution is 5.89. The second-order valence-electron chi connectivity index (χ2n) is 8.38. The SMILES string of the molecule is COC(=O)c1ccc([C@@H]2CCCCN2C(c2c(OC)cc(C)c3[nH]ccc23)C(F)(F)F)cc1. The Kier molecular flexibility index (Phi) is 6.38. The van der Waals surface area contributed by atoms with Gasteiger partial charge in [-0.1, -0.05) is 18.6 Å². The van der Waals surface area contributed by atoms with Crippen molar-refractivity contribution in [2.75, 3.05) is 20.8 Å². The van der Waals surface area contributed by atoms with Gasteiger partial charge in [0, 0.05) is 28.7 Å². The van der Waals surface area contributed by atoms with Crippen molar-refractivity contribution in [2.24, 2.45) is 0 Å². The van der Waals surface area contributed by atoms with Crippen LogP contribution >= 0.6 is 0 Å². The molecule has 4 rings (SSSR count). The molecular weight excluding hydrogens is 433 g/mol. The number of aromatic amines is 1. The lowest BCUT2D eigenvalue weighted by Crippen LogP contribution is -2.43. The first kappa shape index (κ1) is 23.2. The molecule has 2 aromatic carbocycles. The van der Waals surface area contributed by atoms with E-state index in [0.717, 1.165) is 17.5 Å². The Labute approximate surface area is 190 Å². The molecule has 1 aromatic heterocycles. The maximum Gasteiger partial charge on any atom is 0.408 e. The molecule has 0 saturated carbocycles. The fourth-order valence-corrected chi connectivity index (χ4v) is 4.95. The van der Waals surface area contributed by atoms with Gasteiger partial charge < -0.3 is 14.5 Å². The first-order chi connectivity index (χ1) is 15.8. The van der Waals surface area contributed by atoms with Crippen molar-refractivity contribution < 1.29 is 27.4 Å². The number of alkyl halides is 3. The number of fused-ring (bicyclic) bond motifs is 1. The lowest BCUT2D eigenvalue weighted by molar-refractivity contribution is -0.196. The van der Waals surface area contributed by atoms with Crippen molar-refractivity contribution in [2.45, 2.75) is 44.4 Å². The van der Waals surface area contributed by atoms with Crippen molar-refractivity contribution in [1.82, 2.24) is 9.88 Å². The van der Waals surface area contributed by atoms with E-state index >= 15 is 0 Å². The Bertz CT molecular complexity index is 1140. The lowest BCUT2D eigenvalue weighted by Gasteiger charge is -2.42. The summed E-state index contributed by atoms with van der Waals surface area (Å²) >= 11 is 0. The fraction of sp³-hybridized carbons (Fsp3) is 0.400. The number of H-pyrrole nitrogens is 1. The molecule has 8 heteroatoms. The lowest BCUT2D eigenvalue weighted by atomic mass is 9.89. The van der Waals surface area contributed by atoms with E-state index in [-0.39, 0.29) is 11.3 Å². The van der Waals surface area contributed by atoms with Gasteiger partial charge >= 0.3 is 12.1 Å². The minimum Gasteiger partial charge on any atom is -0.496 e. The van der Waals surface area contributed by atoms with E-state index in [0.29, 0.717) is 35.9 Å². The number of esters is 1. The number of benzene rings is 2. The van der Waals surface area contributed by atoms with Gasteiger partial charge in [-0.2, -0.15) is 13.2 Å². The van der Waals surface area contributed by atoms with Gasteiger partial charge in [0.15, 0.2) is 0 Å². The number of halogens is 3. The third-order valence-corrected chi connectivity index (χ3v) is 6.44. The average Bonchev–Trinajstić information content (AvgIpc) is 3.30. The number of hydrogen-bond donors (Lipinski definition) is 1. The Morgan fingerprint density at radius 1 is 1.15 bits per heavy atom. The normalized spacial score (nSPS) is 18.3. The molecule has 5 nitrogen and oxygen atoms in total. The molecule has 1 fully saturated rings. The van der Waals surface area contributed by atoms with Gasteiger partial charge in [-0.15, -0.1) is 0 Å². The van der Waals surface area contributed by atoms with Crippen LogP contribution in [-0.4, -0.2) is 42.8 Å². The van der Waals surface area contributed by atoms with Gasteiger partial charge in [0.2, 0.25) is 0 Å². The van der Waals surface area contributed by atoms with Crippen molar-refractivity contribution in [3.05, 3.63) is 64.8 Å². The predicted octanol–water partition coefficient (Wildman–Crippen LogP) is 6.10. The smallest absolute Gasteiger partial charge is 0.408 e. The van der Waals surface area contributed by atoms with Gasteiger partial charge in [0.05, 0.1) is 19.8 Å². The monoisotopic (exact) mass is 460 g/mol. The zero-order chi connectivity index (χ0) is 23.8. The summed E-state index contributed by atoms with van der Waals surface area (Å²) in [4.78, 5) is 16.4. The van der Waals surface area contributed by atoms with Crippen LogP contribution in [0, 0.1) is 6.92 Å². The summed E-state index contributed by atoms with van der Waals surface area (Å²) in [6, 6.07) is 7.72. The highest BCUT2D eigenvalue weighted by atomic mass is 19.4. The number of carbonyl (C=O) groups is 1. The number of methoxy groups -OCH3 is 2. The van der Waals surface area contributed by atoms with Crippen LogP contribution < -0.4 is 4.74 Å². The molecule has 2 heterocycles. The molecule has 1 unspecified atom stereocenters. The van der Waals surface area contributed by atoms with Crippen LogP contribution in [-0.2, 0) is 4.74 Å². The van der Waals surface area contributed by atoms with Crippen LogP contribution in [0.2, 0.25) is 0 Å². The Morgan fingerprint density at radius 3 is 2.52 bits per heavy atom. The van der Waals surface area contributed by atoms with Crippen LogP contribution in [0.4, 0.5) is 13.2 Å². The Balaban J connectivity index is 1.84. The summed E-state index contributed by atoms with van der Waals surface area (Å²) in [6.45, 7) is 2.15. The Hall–Kier alpha value is -3.00. The summed E-state index contributed by atoms with van der Waals surface area (Å²) in [5, 5.41) is 0.513. The third-order valence-electron chi connectivity index (χ3n) is 6.44. The first-order valence-corrected chi connectivity index (χ1v) is 10.9. The summed E-state index contributed by atoms with van der Waals surface area (Å²) in [5.74, 6) is -0.248. The number of aromatic nitrogens is 1. The molecule has 1 N–H and O–H groups in total. The molecule has 33 heavy (non-hydrogen) atoms. The maximum absolute atomic E-state index is 14.8. The number of ether oxygens (including phenoxy) is 2. The first-order valence-electron chi connectivity index (χ1n) is 10.9. The molecule has 1 aliphatic heterocycles. The van der Waals surface area contributed by atoms with Gasteiger partial charge in [-0.3, -0.25) is 4.90 Å². The second-order valence-corrected chi connectivity index (χ2v) is 8.38. The summed E-state index contributed by atoms with van der Waals surface area (Å²) in [7, 11) is 2.70. The molecular formula is C25H27F3N2O3. The van der Waals surface area contributed by atoms with Crippen molar-refractivity contribution in [1.29, 1.82) is 0 Å². The van der Waals surface area contributed by atoms with Crippen LogP contribution in [0.3, 0.4) is 0 Å². The zero-order valence-corrected chi connectivity index (χ0v) is 18.8. The van der Waals surface area contributed by atoms with Crippen LogP contribution in [0.5, 0.6) is 5.75 Å². The fourth-order valence-electron chi connectivity index (χ4n) is 4.95. The molecule has 0 amide bonds. The highest BCUT2D eigenvalue weighted by Crippen LogP contribution is 2.49. The topological polar surface area (TPSA) is 54.6 Å². The van der Waals surface area contributed by atoms with Crippen LogP contribution in [0.25, 0.3) is 10.9 Å². The molecule has 1 aliphatic rings. The van der Waals surface area contributed by atoms with Crippen molar-refractivity contribution in [3.8, 4) is 5.75 Å². The average molecular weight is 460 g/mol. The van der Waals surface area contributed by atoms with Crippen molar-refractivity contribution in [3.63, 3.8) is 0 Å². The quantitative estimate of drug-likeness (QED) is 0.468. The van der Waals surface area contributed by atoms with Crippen LogP contribution in [0.15, 0.2) is 42.6 Å². The Morgan fingerprint density at radius 2 is 1.88 bits per heavy atom. The molecule has 0 spiro atoms. The summed E-state index contributed by atoms with van der Waals surface area (Å²) in [6.07, 6.45) is -0.765. The molecule has 0 bridgehead atoms. The number of rotatable bonds is 5. The number of aryl methyl sites for hydroxylation is 1. The van der Waals surface area contributed by atoms with E-state index in [2.05, 4.69) is 4.98 Å². The van der Waals surface area contributed by atoms with Crippen LogP contribution in [0.1, 0.15) is 58.4 Å². The van der Waals surface area contributed by atoms with Crippen molar-refractivity contribution >= 4 is 16.9 Å². The maximum atomic E-state index is 14.8. The van der Waals surface area contributed by atoms with E-state index in [9.17, 15) is 18.0 Å². The number of carbonyl (C=O) groups excluding carboxylic acids is 1. The molecule has 3 aromatic rings. The zero-order valence-electron chi connectivity index (χ0n) is 18.8. The van der Waals surface area contributed by atoms with E-state index < -0.39 is 24.2 Å². The number of hydrogen-bond acceptors (Lipinski definition) is 4. The van der Waals surface area contributed by atoms with E-state index in [1.165, 1.54) is 19.1 Å². The molecule has 176 valence electrons. The number of likely N-dealkylation sites (tertiary alicyclic amines) is 1. The minimum absolute atomic E-state index is 0.130. The predicted molar refractivity (Wildman–Crippen MR) is 119 cm³/mol. The second kappa shape index (κ2) is 9.09. The third kappa shape index (κ3) is 4.31. The summed E-state index contributed by atoms with van der Waals surface area (Å²) < 4.78 is 54.5. The highest BCUT2D eigenvalue weighted by Gasteiger charge is 2.49. The summed E-state index contributed by atoms with van der Waals surface area (Å²) in [5.41, 5.74) is 2.74. The van der Waals surface area contributed by atoms with E-state index in [1.807, 2.05) is 6.92 Å². The van der Waals surface area contributed by atoms with Gasteiger partial charge in [0.25, 0.3) is 0 Å². The molecule has 0 aliphatic carbocycles. The van der Waals surface area contributed by atoms with E-state index in [1.54, 1.807) is 42.6 Å².